The number of azide groups is 2. The van der Waals surface area contributed by atoms with Gasteiger partial charge in [0.15, 0.2) is 11.6 Å². The third-order valence-corrected chi connectivity index (χ3v) is 4.45. The summed E-state index contributed by atoms with van der Waals surface area (Å²) in [6, 6.07) is 17.7. The molecular formula is C22H12N6O4. The molecule has 0 aromatic heterocycles. The van der Waals surface area contributed by atoms with Crippen molar-refractivity contribution in [3.63, 3.8) is 0 Å². The van der Waals surface area contributed by atoms with Crippen LogP contribution < -0.4 is 0 Å². The molecule has 0 N–H and O–H groups in total. The minimum atomic E-state index is -1.11. The van der Waals surface area contributed by atoms with E-state index < -0.39 is 23.4 Å². The Hall–Kier alpha value is -5.04. The summed E-state index contributed by atoms with van der Waals surface area (Å²) in [5.74, 6) is -3.54. The summed E-state index contributed by atoms with van der Waals surface area (Å²) >= 11 is 0. The fraction of sp³-hybridized carbons (Fsp3) is 0. The first kappa shape index (κ1) is 21.7. The molecule has 32 heavy (non-hydrogen) atoms. The first-order valence-corrected chi connectivity index (χ1v) is 9.04. The van der Waals surface area contributed by atoms with Crippen LogP contribution in [0.3, 0.4) is 0 Å². The predicted molar refractivity (Wildman–Crippen MR) is 113 cm³/mol. The molecule has 0 spiro atoms. The zero-order valence-electron chi connectivity index (χ0n) is 16.2. The number of hydrogen-bond donors (Lipinski definition) is 0. The second kappa shape index (κ2) is 9.64. The number of benzene rings is 3. The Bertz CT molecular complexity index is 1230. The number of rotatable bonds is 6. The molecule has 0 bridgehead atoms. The Morgan fingerprint density at radius 2 is 0.906 bits per heavy atom. The summed E-state index contributed by atoms with van der Waals surface area (Å²) in [6.45, 7) is 0. The van der Waals surface area contributed by atoms with Crippen LogP contribution in [-0.4, -0.2) is 23.4 Å². The molecule has 154 valence electrons. The molecule has 10 heteroatoms. The lowest BCUT2D eigenvalue weighted by Gasteiger charge is -2.13. The molecule has 0 atom stereocenters. The fourth-order valence-corrected chi connectivity index (χ4v) is 3.01. The monoisotopic (exact) mass is 424 g/mol. The lowest BCUT2D eigenvalue weighted by molar-refractivity contribution is 0.0970. The molecule has 0 unspecified atom stereocenters. The summed E-state index contributed by atoms with van der Waals surface area (Å²) in [5, 5.41) is 6.05. The Kier molecular flexibility index (Phi) is 6.53. The van der Waals surface area contributed by atoms with Gasteiger partial charge < -0.3 is 0 Å². The van der Waals surface area contributed by atoms with Gasteiger partial charge in [-0.2, -0.15) is 0 Å². The van der Waals surface area contributed by atoms with Crippen molar-refractivity contribution in [2.75, 3.05) is 0 Å². The highest BCUT2D eigenvalue weighted by Gasteiger charge is 2.26. The van der Waals surface area contributed by atoms with Crippen LogP contribution in [0.2, 0.25) is 0 Å². The number of hydrogen-bond acceptors (Lipinski definition) is 4. The maximum atomic E-state index is 13.1. The van der Waals surface area contributed by atoms with Crippen LogP contribution in [-0.2, 0) is 0 Å². The van der Waals surface area contributed by atoms with Gasteiger partial charge in [-0.25, -0.2) is 0 Å². The van der Waals surface area contributed by atoms with Crippen LogP contribution in [0.25, 0.3) is 20.9 Å². The van der Waals surface area contributed by atoms with Crippen LogP contribution in [0, 0.1) is 0 Å². The number of amides is 2. The average Bonchev–Trinajstić information content (AvgIpc) is 2.83. The second-order valence-electron chi connectivity index (χ2n) is 6.32. The molecule has 3 rings (SSSR count). The third kappa shape index (κ3) is 4.42. The normalized spacial score (nSPS) is 9.75. The van der Waals surface area contributed by atoms with Crippen molar-refractivity contribution in [3.8, 4) is 0 Å². The molecule has 0 radical (unpaired) electrons. The highest BCUT2D eigenvalue weighted by atomic mass is 16.2. The van der Waals surface area contributed by atoms with Gasteiger partial charge in [0.25, 0.3) is 0 Å². The average molecular weight is 424 g/mol. The summed E-state index contributed by atoms with van der Waals surface area (Å²) < 4.78 is 0. The summed E-state index contributed by atoms with van der Waals surface area (Å²) in [5.41, 5.74) is 16.5. The van der Waals surface area contributed by atoms with Gasteiger partial charge in [0.05, 0.1) is 0 Å². The van der Waals surface area contributed by atoms with Gasteiger partial charge in [0.1, 0.15) is 0 Å². The Morgan fingerprint density at radius 3 is 1.22 bits per heavy atom. The van der Waals surface area contributed by atoms with E-state index in [0.717, 1.165) is 12.1 Å². The lowest BCUT2D eigenvalue weighted by atomic mass is 9.89. The number of ketones is 2. The minimum Gasteiger partial charge on any atom is -0.289 e. The summed E-state index contributed by atoms with van der Waals surface area (Å²) in [4.78, 5) is 56.0. The van der Waals surface area contributed by atoms with Gasteiger partial charge in [-0.15, -0.1) is 0 Å². The highest BCUT2D eigenvalue weighted by Crippen LogP contribution is 2.25. The largest absolute Gasteiger partial charge is 0.289 e. The van der Waals surface area contributed by atoms with Crippen molar-refractivity contribution in [2.45, 2.75) is 0 Å². The molecule has 0 aliphatic heterocycles. The maximum Gasteiger partial charge on any atom is 0.249 e. The molecule has 3 aromatic carbocycles. The predicted octanol–water partition coefficient (Wildman–Crippen LogP) is 5.05. The molecule has 2 amide bonds. The summed E-state index contributed by atoms with van der Waals surface area (Å²) in [7, 11) is 0. The van der Waals surface area contributed by atoms with Crippen molar-refractivity contribution in [2.24, 2.45) is 10.2 Å². The summed E-state index contributed by atoms with van der Waals surface area (Å²) in [6.07, 6.45) is 0. The van der Waals surface area contributed by atoms with Crippen LogP contribution in [0.4, 0.5) is 0 Å². The molecule has 0 saturated carbocycles. The van der Waals surface area contributed by atoms with E-state index in [4.69, 9.17) is 11.1 Å². The SMILES string of the molecule is [N-]=[N+]=NC(=O)c1cc(C(=O)c2ccccc2)c(C(=O)N=[N+]=[N-])cc1C(=O)c1ccccc1. The fourth-order valence-electron chi connectivity index (χ4n) is 3.01. The maximum absolute atomic E-state index is 13.1. The quantitative estimate of drug-likeness (QED) is 0.234. The lowest BCUT2D eigenvalue weighted by Crippen LogP contribution is -2.16. The van der Waals surface area contributed by atoms with Crippen molar-refractivity contribution in [3.05, 3.63) is 127 Å². The molecule has 0 fully saturated rings. The standard InChI is InChI=1S/C22H12N6O4/c23-27-25-21(31)17-12-16(20(30)14-9-5-2-6-10-14)18(22(32)26-28-24)11-15(17)19(29)13-7-3-1-4-8-13/h1-12H. The Labute approximate surface area is 180 Å². The molecular weight excluding hydrogens is 412 g/mol. The Morgan fingerprint density at radius 1 is 0.562 bits per heavy atom. The molecule has 0 saturated heterocycles. The van der Waals surface area contributed by atoms with Crippen molar-refractivity contribution in [1.29, 1.82) is 0 Å². The number of carbonyl (C=O) groups excluding carboxylic acids is 4. The van der Waals surface area contributed by atoms with Crippen LogP contribution in [0.1, 0.15) is 52.6 Å². The van der Waals surface area contributed by atoms with E-state index >= 15 is 0 Å². The second-order valence-corrected chi connectivity index (χ2v) is 6.32. The van der Waals surface area contributed by atoms with Crippen molar-refractivity contribution < 1.29 is 19.2 Å². The van der Waals surface area contributed by atoms with Crippen molar-refractivity contribution in [1.82, 2.24) is 0 Å². The van der Waals surface area contributed by atoms with Crippen molar-refractivity contribution >= 4 is 23.4 Å². The van der Waals surface area contributed by atoms with Gasteiger partial charge in [0, 0.05) is 43.2 Å². The van der Waals surface area contributed by atoms with Crippen LogP contribution >= 0.6 is 0 Å². The third-order valence-electron chi connectivity index (χ3n) is 4.45. The van der Waals surface area contributed by atoms with E-state index in [9.17, 15) is 19.2 Å². The van der Waals surface area contributed by atoms with Crippen LogP contribution in [0.5, 0.6) is 0 Å². The zero-order chi connectivity index (χ0) is 23.1. The number of nitrogens with zero attached hydrogens (tertiary/aromatic N) is 6. The first-order chi connectivity index (χ1) is 15.5. The zero-order valence-corrected chi connectivity index (χ0v) is 16.2. The smallest absolute Gasteiger partial charge is 0.249 e. The minimum absolute atomic E-state index is 0.187. The Balaban J connectivity index is 2.33. The highest BCUT2D eigenvalue weighted by molar-refractivity contribution is 6.21. The van der Waals surface area contributed by atoms with E-state index in [2.05, 4.69) is 20.1 Å². The molecule has 0 heterocycles. The molecule has 0 aliphatic carbocycles. The molecule has 10 nitrogen and oxygen atoms in total. The number of carbonyl (C=O) groups is 4. The van der Waals surface area contributed by atoms with E-state index in [-0.39, 0.29) is 33.4 Å². The van der Waals surface area contributed by atoms with E-state index in [1.54, 1.807) is 36.4 Å². The molecule has 3 aromatic rings. The van der Waals surface area contributed by atoms with Gasteiger partial charge >= 0.3 is 0 Å². The van der Waals surface area contributed by atoms with Crippen LogP contribution in [0.15, 0.2) is 83.0 Å². The van der Waals surface area contributed by atoms with Gasteiger partial charge in [-0.3, -0.25) is 19.2 Å². The van der Waals surface area contributed by atoms with E-state index in [1.807, 2.05) is 0 Å². The van der Waals surface area contributed by atoms with Gasteiger partial charge in [-0.05, 0) is 33.4 Å². The topological polar surface area (TPSA) is 166 Å². The van der Waals surface area contributed by atoms with E-state index in [1.165, 1.54) is 24.3 Å². The van der Waals surface area contributed by atoms with Gasteiger partial charge in [-0.1, -0.05) is 60.7 Å². The first-order valence-electron chi connectivity index (χ1n) is 9.04. The molecule has 0 aliphatic rings. The van der Waals surface area contributed by atoms with E-state index in [0.29, 0.717) is 0 Å². The van der Waals surface area contributed by atoms with Gasteiger partial charge in [0.2, 0.25) is 11.8 Å².